The summed E-state index contributed by atoms with van der Waals surface area (Å²) in [6.07, 6.45) is -1.29. The van der Waals surface area contributed by atoms with Crippen LogP contribution in [0.15, 0.2) is 36.7 Å². The maximum Gasteiger partial charge on any atom is 0.411 e. The van der Waals surface area contributed by atoms with Crippen LogP contribution in [0.4, 0.5) is 18.9 Å². The Labute approximate surface area is 107 Å². The minimum Gasteiger partial charge on any atom is -0.399 e. The number of nitrogens with zero attached hydrogens (tertiary/aromatic N) is 2. The zero-order chi connectivity index (χ0) is 13.9. The lowest BCUT2D eigenvalue weighted by Crippen LogP contribution is -2.18. The normalized spacial score (nSPS) is 11.7. The molecule has 0 amide bonds. The van der Waals surface area contributed by atoms with Gasteiger partial charge in [-0.1, -0.05) is 12.1 Å². The maximum atomic E-state index is 12.0. The van der Waals surface area contributed by atoms with Gasteiger partial charge in [0.2, 0.25) is 0 Å². The van der Waals surface area contributed by atoms with Gasteiger partial charge in [-0.3, -0.25) is 0 Å². The van der Waals surface area contributed by atoms with Gasteiger partial charge in [0.1, 0.15) is 19.2 Å². The molecule has 0 saturated carbocycles. The first kappa shape index (κ1) is 13.4. The van der Waals surface area contributed by atoms with Crippen LogP contribution >= 0.6 is 0 Å². The third kappa shape index (κ3) is 3.72. The second-order valence-electron chi connectivity index (χ2n) is 3.94. The molecule has 0 radical (unpaired) electrons. The van der Waals surface area contributed by atoms with Crippen molar-refractivity contribution in [3.05, 3.63) is 36.7 Å². The van der Waals surface area contributed by atoms with E-state index in [1.54, 1.807) is 30.5 Å². The molecule has 7 heteroatoms. The molecule has 19 heavy (non-hydrogen) atoms. The van der Waals surface area contributed by atoms with Gasteiger partial charge in [0.25, 0.3) is 0 Å². The van der Waals surface area contributed by atoms with Crippen LogP contribution in [-0.2, 0) is 11.5 Å². The Hall–Kier alpha value is -2.02. The molecule has 0 aliphatic carbocycles. The zero-order valence-electron chi connectivity index (χ0n) is 9.89. The van der Waals surface area contributed by atoms with Crippen LogP contribution in [0.25, 0.3) is 11.4 Å². The molecular weight excluding hydrogens is 259 g/mol. The highest BCUT2D eigenvalue weighted by Crippen LogP contribution is 2.20. The van der Waals surface area contributed by atoms with Gasteiger partial charge in [-0.05, 0) is 12.1 Å². The van der Waals surface area contributed by atoms with Crippen molar-refractivity contribution in [3.63, 3.8) is 0 Å². The Morgan fingerprint density at radius 1 is 1.32 bits per heavy atom. The third-order valence-corrected chi connectivity index (χ3v) is 2.36. The van der Waals surface area contributed by atoms with Crippen LogP contribution < -0.4 is 5.73 Å². The number of alkyl halides is 3. The fraction of sp³-hybridized carbons (Fsp3) is 0.250. The monoisotopic (exact) mass is 271 g/mol. The fourth-order valence-electron chi connectivity index (χ4n) is 1.61. The number of benzene rings is 1. The van der Waals surface area contributed by atoms with Gasteiger partial charge in [-0.2, -0.15) is 13.2 Å². The van der Waals surface area contributed by atoms with Gasteiger partial charge in [0.05, 0.1) is 0 Å². The van der Waals surface area contributed by atoms with Gasteiger partial charge < -0.3 is 15.0 Å². The first-order valence-corrected chi connectivity index (χ1v) is 5.47. The van der Waals surface area contributed by atoms with Crippen molar-refractivity contribution in [2.45, 2.75) is 12.9 Å². The van der Waals surface area contributed by atoms with E-state index in [0.717, 1.165) is 5.56 Å². The van der Waals surface area contributed by atoms with Crippen molar-refractivity contribution in [3.8, 4) is 11.4 Å². The summed E-state index contributed by atoms with van der Waals surface area (Å²) in [5, 5.41) is 0. The average Bonchev–Trinajstić information content (AvgIpc) is 2.75. The third-order valence-electron chi connectivity index (χ3n) is 2.36. The number of imidazole rings is 1. The van der Waals surface area contributed by atoms with Gasteiger partial charge in [0.15, 0.2) is 0 Å². The molecule has 0 bridgehead atoms. The van der Waals surface area contributed by atoms with E-state index < -0.39 is 12.8 Å². The fourth-order valence-corrected chi connectivity index (χ4v) is 1.61. The van der Waals surface area contributed by atoms with E-state index >= 15 is 0 Å². The van der Waals surface area contributed by atoms with Crippen LogP contribution in [0.2, 0.25) is 0 Å². The first-order valence-electron chi connectivity index (χ1n) is 5.47. The number of aromatic nitrogens is 2. The highest BCUT2D eigenvalue weighted by Gasteiger charge is 2.27. The first-order chi connectivity index (χ1) is 8.96. The van der Waals surface area contributed by atoms with E-state index in [-0.39, 0.29) is 6.73 Å². The van der Waals surface area contributed by atoms with Crippen LogP contribution in [-0.4, -0.2) is 22.3 Å². The smallest absolute Gasteiger partial charge is 0.399 e. The molecule has 0 fully saturated rings. The Bertz CT molecular complexity index is 551. The quantitative estimate of drug-likeness (QED) is 0.870. The molecule has 0 atom stereocenters. The van der Waals surface area contributed by atoms with E-state index in [0.29, 0.717) is 11.5 Å². The summed E-state index contributed by atoms with van der Waals surface area (Å²) in [6.45, 7) is -1.51. The van der Waals surface area contributed by atoms with Gasteiger partial charge in [0, 0.05) is 23.6 Å². The number of anilines is 1. The standard InChI is InChI=1S/C12H12F3N3O/c13-12(14,15)7-19-8-18-5-4-17-11(18)9-2-1-3-10(16)6-9/h1-6H,7-8,16H2. The SMILES string of the molecule is Nc1cccc(-c2nccn2COCC(F)(F)F)c1. The Kier molecular flexibility index (Phi) is 3.75. The minimum absolute atomic E-state index is 0.219. The van der Waals surface area contributed by atoms with E-state index in [2.05, 4.69) is 9.72 Å². The van der Waals surface area contributed by atoms with E-state index in [4.69, 9.17) is 5.73 Å². The highest BCUT2D eigenvalue weighted by molar-refractivity contribution is 5.61. The minimum atomic E-state index is -4.34. The molecular formula is C12H12F3N3O. The van der Waals surface area contributed by atoms with Crippen LogP contribution in [0, 0.1) is 0 Å². The molecule has 1 heterocycles. The molecule has 4 nitrogen and oxygen atoms in total. The zero-order valence-corrected chi connectivity index (χ0v) is 9.89. The molecule has 102 valence electrons. The van der Waals surface area contributed by atoms with Crippen LogP contribution in [0.5, 0.6) is 0 Å². The number of halogens is 3. The van der Waals surface area contributed by atoms with Crippen LogP contribution in [0.3, 0.4) is 0 Å². The van der Waals surface area contributed by atoms with Gasteiger partial charge in [-0.25, -0.2) is 4.98 Å². The molecule has 0 aliphatic rings. The summed E-state index contributed by atoms with van der Waals surface area (Å²) in [5.41, 5.74) is 6.94. The molecule has 1 aromatic heterocycles. The second-order valence-corrected chi connectivity index (χ2v) is 3.94. The predicted molar refractivity (Wildman–Crippen MR) is 64.1 cm³/mol. The van der Waals surface area contributed by atoms with Crippen molar-refractivity contribution in [2.75, 3.05) is 12.3 Å². The van der Waals surface area contributed by atoms with E-state index in [1.807, 2.05) is 0 Å². The molecule has 2 N–H and O–H groups in total. The summed E-state index contributed by atoms with van der Waals surface area (Å²) in [6, 6.07) is 6.94. The predicted octanol–water partition coefficient (Wildman–Crippen LogP) is 2.67. The van der Waals surface area contributed by atoms with Gasteiger partial charge >= 0.3 is 6.18 Å². The summed E-state index contributed by atoms with van der Waals surface area (Å²) in [5.74, 6) is 0.509. The Morgan fingerprint density at radius 3 is 2.79 bits per heavy atom. The summed E-state index contributed by atoms with van der Waals surface area (Å²) in [4.78, 5) is 4.09. The molecule has 0 spiro atoms. The van der Waals surface area contributed by atoms with Crippen molar-refractivity contribution in [1.82, 2.24) is 9.55 Å². The highest BCUT2D eigenvalue weighted by atomic mass is 19.4. The van der Waals surface area contributed by atoms with E-state index in [1.165, 1.54) is 10.8 Å². The second kappa shape index (κ2) is 5.31. The maximum absolute atomic E-state index is 12.0. The topological polar surface area (TPSA) is 53.1 Å². The Morgan fingerprint density at radius 2 is 2.11 bits per heavy atom. The lowest BCUT2D eigenvalue weighted by molar-refractivity contribution is -0.181. The number of ether oxygens (including phenoxy) is 1. The molecule has 0 unspecified atom stereocenters. The van der Waals surface area contributed by atoms with Gasteiger partial charge in [-0.15, -0.1) is 0 Å². The lowest BCUT2D eigenvalue weighted by Gasteiger charge is -2.10. The van der Waals surface area contributed by atoms with Crippen molar-refractivity contribution >= 4 is 5.69 Å². The van der Waals surface area contributed by atoms with E-state index in [9.17, 15) is 13.2 Å². The summed E-state index contributed by atoms with van der Waals surface area (Å²) in [7, 11) is 0. The summed E-state index contributed by atoms with van der Waals surface area (Å²) < 4.78 is 42.1. The molecule has 0 aliphatic heterocycles. The number of hydrogen-bond donors (Lipinski definition) is 1. The molecule has 2 aromatic rings. The van der Waals surface area contributed by atoms with Crippen LogP contribution in [0.1, 0.15) is 0 Å². The average molecular weight is 271 g/mol. The van der Waals surface area contributed by atoms with Crippen molar-refractivity contribution in [1.29, 1.82) is 0 Å². The molecule has 2 rings (SSSR count). The summed E-state index contributed by atoms with van der Waals surface area (Å²) >= 11 is 0. The Balaban J connectivity index is 2.10. The van der Waals surface area contributed by atoms with Crippen molar-refractivity contribution < 1.29 is 17.9 Å². The number of rotatable bonds is 4. The van der Waals surface area contributed by atoms with Crippen molar-refractivity contribution in [2.24, 2.45) is 0 Å². The molecule has 0 saturated heterocycles. The number of nitrogens with two attached hydrogens (primary N) is 1. The lowest BCUT2D eigenvalue weighted by atomic mass is 10.2. The number of nitrogen functional groups attached to an aromatic ring is 1. The number of hydrogen-bond acceptors (Lipinski definition) is 3. The molecule has 1 aromatic carbocycles. The largest absolute Gasteiger partial charge is 0.411 e.